The summed E-state index contributed by atoms with van der Waals surface area (Å²) in [5.74, 6) is 0.389. The second kappa shape index (κ2) is 5.80. The molecule has 2 aliphatic carbocycles. The van der Waals surface area contributed by atoms with Gasteiger partial charge in [-0.2, -0.15) is 11.6 Å². The van der Waals surface area contributed by atoms with Crippen molar-refractivity contribution in [2.75, 3.05) is 0 Å². The molecule has 1 unspecified atom stereocenters. The zero-order valence-corrected chi connectivity index (χ0v) is 12.8. The molecular weight excluding hydrogens is 295 g/mol. The minimum atomic E-state index is 0. The molecule has 0 saturated heterocycles. The fourth-order valence-electron chi connectivity index (χ4n) is 2.61. The van der Waals surface area contributed by atoms with Gasteiger partial charge in [0.1, 0.15) is 0 Å². The summed E-state index contributed by atoms with van der Waals surface area (Å²) >= 11 is 0. The average Bonchev–Trinajstić information content (AvgIpc) is 2.97. The molecule has 1 aromatic carbocycles. The molecular formula is C17H15Zr-. The molecule has 88 valence electrons. The molecule has 0 amide bonds. The van der Waals surface area contributed by atoms with Crippen molar-refractivity contribution in [2.24, 2.45) is 0 Å². The molecule has 0 heterocycles. The van der Waals surface area contributed by atoms with Crippen LogP contribution in [0.15, 0.2) is 60.7 Å². The van der Waals surface area contributed by atoms with Crippen LogP contribution in [0, 0.1) is 6.08 Å². The number of fused-ring (bicyclic) bond motifs is 1. The van der Waals surface area contributed by atoms with E-state index in [0.29, 0.717) is 5.92 Å². The molecule has 2 aliphatic rings. The van der Waals surface area contributed by atoms with E-state index in [1.54, 1.807) is 0 Å². The fraction of sp³-hybridized carbons (Fsp3) is 0.176. The van der Waals surface area contributed by atoms with E-state index < -0.39 is 0 Å². The van der Waals surface area contributed by atoms with Gasteiger partial charge in [0.2, 0.25) is 0 Å². The van der Waals surface area contributed by atoms with Crippen molar-refractivity contribution in [3.63, 3.8) is 0 Å². The maximum absolute atomic E-state index is 3.84. The third-order valence-corrected chi connectivity index (χ3v) is 3.42. The smallest absolute Gasteiger partial charge is 0 e. The van der Waals surface area contributed by atoms with Gasteiger partial charge < -0.3 is 0 Å². The van der Waals surface area contributed by atoms with Gasteiger partial charge in [-0.3, -0.25) is 0 Å². The van der Waals surface area contributed by atoms with Gasteiger partial charge in [0, 0.05) is 26.2 Å². The Kier molecular flexibility index (Phi) is 4.35. The van der Waals surface area contributed by atoms with Crippen molar-refractivity contribution in [3.8, 4) is 0 Å². The molecule has 18 heavy (non-hydrogen) atoms. The summed E-state index contributed by atoms with van der Waals surface area (Å²) in [6, 6.07) is 8.65. The summed E-state index contributed by atoms with van der Waals surface area (Å²) in [4.78, 5) is 0. The van der Waals surface area contributed by atoms with Gasteiger partial charge in [-0.25, -0.2) is 0 Å². The average molecular weight is 311 g/mol. The monoisotopic (exact) mass is 309 g/mol. The summed E-state index contributed by atoms with van der Waals surface area (Å²) < 4.78 is 0. The standard InChI is InChI=1S/C17H15.Zr/c1-2-7-14-12-17(13-8-3-4-9-13)16-11-6-5-10-15(14)16;/h2-6,8,10-11,14H,1,7,9H2;/q-1;. The molecule has 0 saturated carbocycles. The maximum Gasteiger partial charge on any atom is 0 e. The Morgan fingerprint density at radius 3 is 2.89 bits per heavy atom. The largest absolute Gasteiger partial charge is 0.193 e. The van der Waals surface area contributed by atoms with Gasteiger partial charge in [-0.05, 0) is 6.42 Å². The van der Waals surface area contributed by atoms with Crippen LogP contribution in [0.1, 0.15) is 29.9 Å². The van der Waals surface area contributed by atoms with Gasteiger partial charge in [0.15, 0.2) is 0 Å². The predicted octanol–water partition coefficient (Wildman–Crippen LogP) is 4.43. The summed E-state index contributed by atoms with van der Waals surface area (Å²) in [6.07, 6.45) is 14.2. The number of rotatable bonds is 3. The van der Waals surface area contributed by atoms with Crippen LogP contribution in [0.3, 0.4) is 0 Å². The van der Waals surface area contributed by atoms with Crippen molar-refractivity contribution in [1.29, 1.82) is 0 Å². The zero-order valence-electron chi connectivity index (χ0n) is 10.3. The Bertz CT molecular complexity index is 546. The molecule has 1 atom stereocenters. The molecule has 0 radical (unpaired) electrons. The molecule has 0 fully saturated rings. The van der Waals surface area contributed by atoms with E-state index >= 15 is 0 Å². The molecule has 0 aromatic heterocycles. The Labute approximate surface area is 128 Å². The molecule has 0 N–H and O–H groups in total. The molecule has 0 nitrogen and oxygen atoms in total. The van der Waals surface area contributed by atoms with Crippen molar-refractivity contribution < 1.29 is 26.2 Å². The molecule has 1 heteroatoms. The quantitative estimate of drug-likeness (QED) is 0.572. The second-order valence-electron chi connectivity index (χ2n) is 4.51. The van der Waals surface area contributed by atoms with E-state index in [1.165, 1.54) is 22.3 Å². The van der Waals surface area contributed by atoms with Crippen LogP contribution >= 0.6 is 0 Å². The van der Waals surface area contributed by atoms with Gasteiger partial charge in [-0.15, -0.1) is 35.4 Å². The number of hydrogen-bond acceptors (Lipinski definition) is 0. The minimum Gasteiger partial charge on any atom is -0.193 e. The van der Waals surface area contributed by atoms with Crippen LogP contribution in [0.2, 0.25) is 0 Å². The number of allylic oxidation sites excluding steroid dienone is 7. The molecule has 3 rings (SSSR count). The van der Waals surface area contributed by atoms with Gasteiger partial charge in [-0.1, -0.05) is 48.8 Å². The first-order valence-electron chi connectivity index (χ1n) is 6.10. The van der Waals surface area contributed by atoms with Crippen LogP contribution in [-0.2, 0) is 26.2 Å². The molecule has 1 aromatic rings. The maximum atomic E-state index is 3.84. The van der Waals surface area contributed by atoms with E-state index in [9.17, 15) is 0 Å². The van der Waals surface area contributed by atoms with E-state index in [-0.39, 0.29) is 26.2 Å². The second-order valence-corrected chi connectivity index (χ2v) is 4.51. The van der Waals surface area contributed by atoms with E-state index in [4.69, 9.17) is 0 Å². The summed E-state index contributed by atoms with van der Waals surface area (Å²) in [5.41, 5.74) is 5.45. The summed E-state index contributed by atoms with van der Waals surface area (Å²) in [6.45, 7) is 3.84. The Hall–Kier alpha value is -0.937. The van der Waals surface area contributed by atoms with E-state index in [1.807, 2.05) is 6.08 Å². The molecule has 0 aliphatic heterocycles. The SMILES string of the molecule is C=CCC1[C-]=C(C2=CC=CC2)c2ccccc21.[Zr]. The molecule has 0 bridgehead atoms. The first kappa shape index (κ1) is 13.5. The summed E-state index contributed by atoms with van der Waals surface area (Å²) in [7, 11) is 0. The van der Waals surface area contributed by atoms with E-state index in [0.717, 1.165) is 12.8 Å². The van der Waals surface area contributed by atoms with Crippen molar-refractivity contribution >= 4 is 5.57 Å². The minimum absolute atomic E-state index is 0. The predicted molar refractivity (Wildman–Crippen MR) is 72.5 cm³/mol. The first-order chi connectivity index (χ1) is 8.40. The topological polar surface area (TPSA) is 0 Å². The van der Waals surface area contributed by atoms with Gasteiger partial charge >= 0.3 is 0 Å². The molecule has 0 spiro atoms. The van der Waals surface area contributed by atoms with Crippen molar-refractivity contribution in [3.05, 3.63) is 77.9 Å². The number of hydrogen-bond donors (Lipinski definition) is 0. The summed E-state index contributed by atoms with van der Waals surface area (Å²) in [5, 5.41) is 0. The Morgan fingerprint density at radius 1 is 1.33 bits per heavy atom. The Balaban J connectivity index is 0.00000120. The third-order valence-electron chi connectivity index (χ3n) is 3.42. The van der Waals surface area contributed by atoms with Crippen molar-refractivity contribution in [1.82, 2.24) is 0 Å². The first-order valence-corrected chi connectivity index (χ1v) is 6.10. The zero-order chi connectivity index (χ0) is 11.7. The third kappa shape index (κ3) is 2.29. The van der Waals surface area contributed by atoms with Crippen LogP contribution in [0.4, 0.5) is 0 Å². The van der Waals surface area contributed by atoms with E-state index in [2.05, 4.69) is 55.1 Å². The van der Waals surface area contributed by atoms with Crippen LogP contribution in [0.25, 0.3) is 5.57 Å². The van der Waals surface area contributed by atoms with Crippen LogP contribution in [0.5, 0.6) is 0 Å². The fourth-order valence-corrected chi connectivity index (χ4v) is 2.61. The van der Waals surface area contributed by atoms with Gasteiger partial charge in [0.25, 0.3) is 0 Å². The van der Waals surface area contributed by atoms with Crippen LogP contribution in [-0.4, -0.2) is 0 Å². The van der Waals surface area contributed by atoms with Crippen molar-refractivity contribution in [2.45, 2.75) is 18.8 Å². The Morgan fingerprint density at radius 2 is 2.17 bits per heavy atom. The number of benzene rings is 1. The van der Waals surface area contributed by atoms with Crippen LogP contribution < -0.4 is 0 Å². The normalized spacial score (nSPS) is 19.9. The van der Waals surface area contributed by atoms with Gasteiger partial charge in [0.05, 0.1) is 0 Å².